The molecule has 1 unspecified atom stereocenters. The van der Waals surface area contributed by atoms with Crippen LogP contribution in [0.5, 0.6) is 0 Å². The Balaban J connectivity index is 4.73. The number of amides is 1. The molecule has 112 valence electrons. The molecule has 0 saturated carbocycles. The van der Waals surface area contributed by atoms with Gasteiger partial charge >= 0.3 is 5.97 Å². The van der Waals surface area contributed by atoms with E-state index in [1.807, 2.05) is 0 Å². The first-order valence-corrected chi connectivity index (χ1v) is 7.58. The minimum atomic E-state index is -3.54. The topological polar surface area (TPSA) is 110 Å². The molecule has 0 aliphatic carbocycles. The Labute approximate surface area is 113 Å². The van der Waals surface area contributed by atoms with E-state index in [9.17, 15) is 18.0 Å². The molecule has 19 heavy (non-hydrogen) atoms. The fraction of sp³-hybridized carbons (Fsp3) is 0.818. The van der Waals surface area contributed by atoms with Gasteiger partial charge in [-0.05, 0) is 12.8 Å². The van der Waals surface area contributed by atoms with Crippen LogP contribution in [-0.4, -0.2) is 56.2 Å². The van der Waals surface area contributed by atoms with Crippen LogP contribution in [0.15, 0.2) is 0 Å². The van der Waals surface area contributed by atoms with Gasteiger partial charge in [-0.3, -0.25) is 4.79 Å². The summed E-state index contributed by atoms with van der Waals surface area (Å²) in [6, 6.07) is 0. The zero-order chi connectivity index (χ0) is 15.3. The normalized spacial score (nSPS) is 15.0. The highest BCUT2D eigenvalue weighted by Gasteiger charge is 2.35. The Kier molecular flexibility index (Phi) is 6.44. The smallest absolute Gasteiger partial charge is 0.331 e. The lowest BCUT2D eigenvalue weighted by Crippen LogP contribution is -2.56. The van der Waals surface area contributed by atoms with Crippen LogP contribution in [0.1, 0.15) is 20.8 Å². The van der Waals surface area contributed by atoms with Gasteiger partial charge in [-0.2, -0.15) is 0 Å². The van der Waals surface area contributed by atoms with Gasteiger partial charge in [0.1, 0.15) is 5.75 Å². The minimum absolute atomic E-state index is 0.0948. The molecule has 2 N–H and O–H groups in total. The molecule has 0 spiro atoms. The summed E-state index contributed by atoms with van der Waals surface area (Å²) in [4.78, 5) is 22.7. The van der Waals surface area contributed by atoms with E-state index in [1.165, 1.54) is 14.0 Å². The maximum atomic E-state index is 11.6. The lowest BCUT2D eigenvalue weighted by Gasteiger charge is -2.25. The summed E-state index contributed by atoms with van der Waals surface area (Å²) >= 11 is 0. The molecule has 0 heterocycles. The van der Waals surface area contributed by atoms with Crippen LogP contribution in [0.4, 0.5) is 0 Å². The van der Waals surface area contributed by atoms with Crippen LogP contribution >= 0.6 is 0 Å². The maximum Gasteiger partial charge on any atom is 0.331 e. The standard InChI is InChI=1S/C11H21NO6S/c1-8(2)5-19(16,17)6-9(13)12-11(3,7-18-4)10(14)15/h8H,5-7H2,1-4H3,(H,12,13)(H,14,15). The van der Waals surface area contributed by atoms with Crippen molar-refractivity contribution in [3.63, 3.8) is 0 Å². The Bertz CT molecular complexity index is 430. The predicted molar refractivity (Wildman–Crippen MR) is 69.6 cm³/mol. The second kappa shape index (κ2) is 6.85. The molecule has 0 aromatic carbocycles. The SMILES string of the molecule is COCC(C)(NC(=O)CS(=O)(=O)CC(C)C)C(=O)O. The van der Waals surface area contributed by atoms with Crippen molar-refractivity contribution in [1.82, 2.24) is 5.32 Å². The van der Waals surface area contributed by atoms with E-state index in [0.717, 1.165) is 0 Å². The molecule has 0 aromatic rings. The third-order valence-corrected chi connectivity index (χ3v) is 4.14. The van der Waals surface area contributed by atoms with Crippen molar-refractivity contribution >= 4 is 21.7 Å². The second-order valence-electron chi connectivity index (χ2n) is 5.07. The van der Waals surface area contributed by atoms with Gasteiger partial charge in [0.05, 0.1) is 12.4 Å². The molecule has 0 aliphatic heterocycles. The lowest BCUT2D eigenvalue weighted by molar-refractivity contribution is -0.148. The molecule has 1 atom stereocenters. The number of aliphatic carboxylic acids is 1. The summed E-state index contributed by atoms with van der Waals surface area (Å²) in [5.74, 6) is -3.07. The number of rotatable bonds is 8. The van der Waals surface area contributed by atoms with E-state index in [1.54, 1.807) is 13.8 Å². The van der Waals surface area contributed by atoms with Crippen LogP contribution in [0.25, 0.3) is 0 Å². The summed E-state index contributed by atoms with van der Waals surface area (Å²) in [5.41, 5.74) is -1.64. The summed E-state index contributed by atoms with van der Waals surface area (Å²) in [6.07, 6.45) is 0. The summed E-state index contributed by atoms with van der Waals surface area (Å²) in [6.45, 7) is 4.45. The fourth-order valence-electron chi connectivity index (χ4n) is 1.55. The second-order valence-corrected chi connectivity index (χ2v) is 7.18. The van der Waals surface area contributed by atoms with E-state index in [-0.39, 0.29) is 18.3 Å². The van der Waals surface area contributed by atoms with Gasteiger partial charge in [-0.1, -0.05) is 13.8 Å². The molecule has 0 bridgehead atoms. The van der Waals surface area contributed by atoms with Crippen molar-refractivity contribution in [1.29, 1.82) is 0 Å². The number of nitrogens with one attached hydrogen (secondary N) is 1. The van der Waals surface area contributed by atoms with Crippen molar-refractivity contribution < 1.29 is 27.9 Å². The number of methoxy groups -OCH3 is 1. The van der Waals surface area contributed by atoms with Crippen molar-refractivity contribution in [3.05, 3.63) is 0 Å². The van der Waals surface area contributed by atoms with E-state index in [2.05, 4.69) is 5.32 Å². The summed E-state index contributed by atoms with van der Waals surface area (Å²) < 4.78 is 28.0. The zero-order valence-electron chi connectivity index (χ0n) is 11.6. The summed E-state index contributed by atoms with van der Waals surface area (Å²) in [5, 5.41) is 11.2. The van der Waals surface area contributed by atoms with E-state index in [4.69, 9.17) is 9.84 Å². The molecule has 0 radical (unpaired) electrons. The number of carboxylic acid groups (broad SMARTS) is 1. The molecule has 0 rings (SSSR count). The number of carbonyl (C=O) groups excluding carboxylic acids is 1. The number of ether oxygens (including phenoxy) is 1. The molecular weight excluding hydrogens is 274 g/mol. The molecule has 7 nitrogen and oxygen atoms in total. The van der Waals surface area contributed by atoms with Gasteiger partial charge in [0.25, 0.3) is 0 Å². The van der Waals surface area contributed by atoms with Gasteiger partial charge < -0.3 is 15.2 Å². The largest absolute Gasteiger partial charge is 0.479 e. The molecular formula is C11H21NO6S. The Morgan fingerprint density at radius 3 is 2.26 bits per heavy atom. The summed E-state index contributed by atoms with van der Waals surface area (Å²) in [7, 11) is -2.24. The molecule has 0 saturated heterocycles. The van der Waals surface area contributed by atoms with Crippen LogP contribution in [-0.2, 0) is 24.2 Å². The van der Waals surface area contributed by atoms with Crippen molar-refractivity contribution in [2.75, 3.05) is 25.2 Å². The number of hydrogen-bond acceptors (Lipinski definition) is 5. The quantitative estimate of drug-likeness (QED) is 0.634. The first-order valence-electron chi connectivity index (χ1n) is 5.76. The third kappa shape index (κ3) is 6.53. The van der Waals surface area contributed by atoms with Gasteiger partial charge in [-0.25, -0.2) is 13.2 Å². The fourth-order valence-corrected chi connectivity index (χ4v) is 3.16. The number of hydrogen-bond donors (Lipinski definition) is 2. The lowest BCUT2D eigenvalue weighted by atomic mass is 10.0. The zero-order valence-corrected chi connectivity index (χ0v) is 12.4. The number of carboxylic acids is 1. The van der Waals surface area contributed by atoms with E-state index >= 15 is 0 Å². The number of sulfone groups is 1. The minimum Gasteiger partial charge on any atom is -0.479 e. The first-order chi connectivity index (χ1) is 8.52. The molecule has 8 heteroatoms. The maximum absolute atomic E-state index is 11.6. The van der Waals surface area contributed by atoms with Gasteiger partial charge in [0.15, 0.2) is 15.4 Å². The Morgan fingerprint density at radius 2 is 1.89 bits per heavy atom. The predicted octanol–water partition coefficient (Wildman–Crippen LogP) is -0.337. The molecule has 0 aliphatic rings. The van der Waals surface area contributed by atoms with E-state index in [0.29, 0.717) is 0 Å². The average Bonchev–Trinajstić information content (AvgIpc) is 2.13. The average molecular weight is 295 g/mol. The van der Waals surface area contributed by atoms with Gasteiger partial charge in [-0.15, -0.1) is 0 Å². The van der Waals surface area contributed by atoms with Crippen LogP contribution < -0.4 is 5.32 Å². The van der Waals surface area contributed by atoms with Crippen molar-refractivity contribution in [2.45, 2.75) is 26.3 Å². The Morgan fingerprint density at radius 1 is 1.37 bits per heavy atom. The molecule has 1 amide bonds. The van der Waals surface area contributed by atoms with Crippen molar-refractivity contribution in [2.24, 2.45) is 5.92 Å². The molecule has 0 aromatic heterocycles. The monoisotopic (exact) mass is 295 g/mol. The van der Waals surface area contributed by atoms with Crippen molar-refractivity contribution in [3.8, 4) is 0 Å². The highest BCUT2D eigenvalue weighted by molar-refractivity contribution is 7.92. The van der Waals surface area contributed by atoms with E-state index < -0.39 is 33.0 Å². The number of carbonyl (C=O) groups is 2. The Hall–Kier alpha value is -1.15. The van der Waals surface area contributed by atoms with Gasteiger partial charge in [0.2, 0.25) is 5.91 Å². The van der Waals surface area contributed by atoms with Gasteiger partial charge in [0, 0.05) is 7.11 Å². The highest BCUT2D eigenvalue weighted by Crippen LogP contribution is 2.06. The molecule has 0 fully saturated rings. The highest BCUT2D eigenvalue weighted by atomic mass is 32.2. The van der Waals surface area contributed by atoms with Crippen LogP contribution in [0.2, 0.25) is 0 Å². The van der Waals surface area contributed by atoms with Crippen LogP contribution in [0.3, 0.4) is 0 Å². The first kappa shape index (κ1) is 17.8. The third-order valence-electron chi connectivity index (χ3n) is 2.26. The van der Waals surface area contributed by atoms with Crippen LogP contribution in [0, 0.1) is 5.92 Å².